The molecular formula is C12H16ClN3O. The Labute approximate surface area is 106 Å². The highest BCUT2D eigenvalue weighted by molar-refractivity contribution is 6.30. The molecule has 0 aromatic carbocycles. The fraction of sp³-hybridized carbons (Fsp3) is 0.500. The van der Waals surface area contributed by atoms with Gasteiger partial charge < -0.3 is 10.6 Å². The first-order valence-corrected chi connectivity index (χ1v) is 6.21. The number of nitrogens with one attached hydrogen (secondary N) is 2. The van der Waals surface area contributed by atoms with E-state index in [1.807, 2.05) is 13.0 Å². The minimum atomic E-state index is -0.0836. The molecule has 0 spiro atoms. The van der Waals surface area contributed by atoms with Gasteiger partial charge in [0.25, 0.3) is 0 Å². The van der Waals surface area contributed by atoms with Crippen molar-refractivity contribution in [1.82, 2.24) is 10.3 Å². The van der Waals surface area contributed by atoms with Crippen LogP contribution in [0.4, 0.5) is 5.69 Å². The van der Waals surface area contributed by atoms with E-state index in [0.29, 0.717) is 10.8 Å². The van der Waals surface area contributed by atoms with Gasteiger partial charge in [-0.3, -0.25) is 4.79 Å². The number of aryl methyl sites for hydroxylation is 1. The van der Waals surface area contributed by atoms with Crippen LogP contribution in [-0.4, -0.2) is 23.5 Å². The molecule has 92 valence electrons. The van der Waals surface area contributed by atoms with Crippen molar-refractivity contribution in [2.24, 2.45) is 0 Å². The number of carbonyl (C=O) groups is 1. The molecular weight excluding hydrogens is 238 g/mol. The lowest BCUT2D eigenvalue weighted by Crippen LogP contribution is -2.43. The largest absolute Gasteiger partial charge is 0.323 e. The van der Waals surface area contributed by atoms with Crippen molar-refractivity contribution in [2.75, 3.05) is 11.9 Å². The number of hydrogen-bond donors (Lipinski definition) is 2. The minimum absolute atomic E-state index is 0.00761. The third-order valence-corrected chi connectivity index (χ3v) is 3.30. The molecule has 1 unspecified atom stereocenters. The van der Waals surface area contributed by atoms with Crippen molar-refractivity contribution in [3.63, 3.8) is 0 Å². The molecule has 2 heterocycles. The van der Waals surface area contributed by atoms with Crippen LogP contribution in [0.2, 0.25) is 5.15 Å². The number of halogens is 1. The van der Waals surface area contributed by atoms with Crippen LogP contribution in [0.3, 0.4) is 0 Å². The Morgan fingerprint density at radius 3 is 3.06 bits per heavy atom. The first kappa shape index (κ1) is 12.3. The number of nitrogens with zero attached hydrogens (tertiary/aromatic N) is 1. The number of carbonyl (C=O) groups excluding carboxylic acids is 1. The van der Waals surface area contributed by atoms with Crippen molar-refractivity contribution in [1.29, 1.82) is 0 Å². The van der Waals surface area contributed by atoms with Crippen LogP contribution in [0.15, 0.2) is 12.3 Å². The molecule has 1 aliphatic rings. The molecule has 1 fully saturated rings. The van der Waals surface area contributed by atoms with E-state index in [4.69, 9.17) is 11.6 Å². The Hall–Kier alpha value is -1.13. The summed E-state index contributed by atoms with van der Waals surface area (Å²) in [5, 5.41) is 6.53. The lowest BCUT2D eigenvalue weighted by Gasteiger charge is -2.22. The molecule has 4 nitrogen and oxygen atoms in total. The van der Waals surface area contributed by atoms with Crippen LogP contribution in [0.1, 0.15) is 24.8 Å². The highest BCUT2D eigenvalue weighted by atomic mass is 35.5. The molecule has 1 aromatic heterocycles. The standard InChI is InChI=1S/C12H16ClN3O/c1-8-6-9(7-15-11(8)13)16-12(17)10-4-2-3-5-14-10/h6-7,10,14H,2-5H2,1H3,(H,16,17). The molecule has 17 heavy (non-hydrogen) atoms. The Morgan fingerprint density at radius 2 is 2.41 bits per heavy atom. The third kappa shape index (κ3) is 3.17. The summed E-state index contributed by atoms with van der Waals surface area (Å²) in [5.74, 6) is 0.00761. The molecule has 0 saturated carbocycles. The lowest BCUT2D eigenvalue weighted by atomic mass is 10.0. The van der Waals surface area contributed by atoms with Gasteiger partial charge in [-0.1, -0.05) is 18.0 Å². The van der Waals surface area contributed by atoms with Crippen LogP contribution in [0.25, 0.3) is 0 Å². The number of amides is 1. The van der Waals surface area contributed by atoms with E-state index in [-0.39, 0.29) is 11.9 Å². The van der Waals surface area contributed by atoms with Crippen molar-refractivity contribution in [3.8, 4) is 0 Å². The number of anilines is 1. The zero-order valence-electron chi connectivity index (χ0n) is 9.79. The second-order valence-electron chi connectivity index (χ2n) is 4.32. The van der Waals surface area contributed by atoms with Crippen LogP contribution in [0.5, 0.6) is 0 Å². The summed E-state index contributed by atoms with van der Waals surface area (Å²) in [4.78, 5) is 15.9. The number of piperidine rings is 1. The quantitative estimate of drug-likeness (QED) is 0.794. The summed E-state index contributed by atoms with van der Waals surface area (Å²) in [6, 6.07) is 1.75. The molecule has 0 bridgehead atoms. The summed E-state index contributed by atoms with van der Waals surface area (Å²) in [5.41, 5.74) is 1.56. The van der Waals surface area contributed by atoms with Gasteiger partial charge in [-0.05, 0) is 37.9 Å². The molecule has 5 heteroatoms. The molecule has 0 aliphatic carbocycles. The van der Waals surface area contributed by atoms with Crippen molar-refractivity contribution < 1.29 is 4.79 Å². The smallest absolute Gasteiger partial charge is 0.241 e. The summed E-state index contributed by atoms with van der Waals surface area (Å²) in [6.07, 6.45) is 4.72. The Balaban J connectivity index is 1.99. The molecule has 1 aromatic rings. The zero-order chi connectivity index (χ0) is 12.3. The van der Waals surface area contributed by atoms with Crippen LogP contribution in [-0.2, 0) is 4.79 Å². The van der Waals surface area contributed by atoms with Gasteiger partial charge in [0.15, 0.2) is 0 Å². The summed E-state index contributed by atoms with van der Waals surface area (Å²) in [6.45, 7) is 2.78. The average molecular weight is 254 g/mol. The van der Waals surface area contributed by atoms with Crippen molar-refractivity contribution in [2.45, 2.75) is 32.2 Å². The second kappa shape index (κ2) is 5.47. The van der Waals surface area contributed by atoms with E-state index in [1.54, 1.807) is 6.20 Å². The molecule has 0 radical (unpaired) electrons. The van der Waals surface area contributed by atoms with E-state index < -0.39 is 0 Å². The number of pyridine rings is 1. The molecule has 2 N–H and O–H groups in total. The third-order valence-electron chi connectivity index (χ3n) is 2.91. The molecule has 1 atom stereocenters. The lowest BCUT2D eigenvalue weighted by molar-refractivity contribution is -0.118. The SMILES string of the molecule is Cc1cc(NC(=O)C2CCCCN2)cnc1Cl. The van der Waals surface area contributed by atoms with Gasteiger partial charge in [0, 0.05) is 0 Å². The van der Waals surface area contributed by atoms with Crippen molar-refractivity contribution in [3.05, 3.63) is 23.0 Å². The van der Waals surface area contributed by atoms with Crippen LogP contribution < -0.4 is 10.6 Å². The summed E-state index contributed by atoms with van der Waals surface area (Å²) in [7, 11) is 0. The molecule has 1 saturated heterocycles. The van der Waals surface area contributed by atoms with E-state index in [0.717, 1.165) is 31.4 Å². The fourth-order valence-electron chi connectivity index (χ4n) is 1.93. The maximum absolute atomic E-state index is 11.9. The Morgan fingerprint density at radius 1 is 1.59 bits per heavy atom. The Kier molecular flexibility index (Phi) is 3.97. The Bertz CT molecular complexity index is 416. The number of rotatable bonds is 2. The van der Waals surface area contributed by atoms with Crippen LogP contribution >= 0.6 is 11.6 Å². The van der Waals surface area contributed by atoms with Gasteiger partial charge in [-0.15, -0.1) is 0 Å². The van der Waals surface area contributed by atoms with Gasteiger partial charge in [-0.25, -0.2) is 4.98 Å². The predicted octanol–water partition coefficient (Wildman–Crippen LogP) is 2.12. The van der Waals surface area contributed by atoms with Gasteiger partial charge >= 0.3 is 0 Å². The summed E-state index contributed by atoms with van der Waals surface area (Å²) < 4.78 is 0. The fourth-order valence-corrected chi connectivity index (χ4v) is 2.03. The monoisotopic (exact) mass is 253 g/mol. The first-order chi connectivity index (χ1) is 8.16. The molecule has 1 aliphatic heterocycles. The maximum Gasteiger partial charge on any atom is 0.241 e. The van der Waals surface area contributed by atoms with E-state index in [1.165, 1.54) is 0 Å². The van der Waals surface area contributed by atoms with E-state index in [2.05, 4.69) is 15.6 Å². The topological polar surface area (TPSA) is 54.0 Å². The number of hydrogen-bond acceptors (Lipinski definition) is 3. The first-order valence-electron chi connectivity index (χ1n) is 5.83. The highest BCUT2D eigenvalue weighted by Crippen LogP contribution is 2.17. The van der Waals surface area contributed by atoms with E-state index in [9.17, 15) is 4.79 Å². The molecule has 1 amide bonds. The van der Waals surface area contributed by atoms with E-state index >= 15 is 0 Å². The zero-order valence-corrected chi connectivity index (χ0v) is 10.5. The van der Waals surface area contributed by atoms with Crippen molar-refractivity contribution >= 4 is 23.2 Å². The average Bonchev–Trinajstić information content (AvgIpc) is 2.35. The normalized spacial score (nSPS) is 20.0. The van der Waals surface area contributed by atoms with Gasteiger partial charge in [0.1, 0.15) is 5.15 Å². The van der Waals surface area contributed by atoms with Gasteiger partial charge in [0.2, 0.25) is 5.91 Å². The number of aromatic nitrogens is 1. The second-order valence-corrected chi connectivity index (χ2v) is 4.68. The predicted molar refractivity (Wildman–Crippen MR) is 68.3 cm³/mol. The minimum Gasteiger partial charge on any atom is -0.323 e. The molecule has 2 rings (SSSR count). The van der Waals surface area contributed by atoms with Crippen LogP contribution in [0, 0.1) is 6.92 Å². The van der Waals surface area contributed by atoms with Gasteiger partial charge in [-0.2, -0.15) is 0 Å². The van der Waals surface area contributed by atoms with Gasteiger partial charge in [0.05, 0.1) is 17.9 Å². The highest BCUT2D eigenvalue weighted by Gasteiger charge is 2.20. The summed E-state index contributed by atoms with van der Waals surface area (Å²) >= 11 is 5.83. The maximum atomic E-state index is 11.9.